The zero-order valence-electron chi connectivity index (χ0n) is 13.8. The lowest BCUT2D eigenvalue weighted by molar-refractivity contribution is 0.126. The average Bonchev–Trinajstić information content (AvgIpc) is 3.22. The first-order valence-electron chi connectivity index (χ1n) is 8.25. The Hall–Kier alpha value is -2.41. The Morgan fingerprint density at radius 2 is 2.21 bits per heavy atom. The maximum absolute atomic E-state index is 12.4. The molecule has 1 saturated heterocycles. The number of nitrogens with zero attached hydrogens (tertiary/aromatic N) is 4. The Labute approximate surface area is 141 Å². The largest absolute Gasteiger partial charge is 0.388 e. The lowest BCUT2D eigenvalue weighted by atomic mass is 10.0. The Morgan fingerprint density at radius 1 is 1.42 bits per heavy atom. The Morgan fingerprint density at radius 3 is 2.92 bits per heavy atom. The van der Waals surface area contributed by atoms with E-state index in [0.717, 1.165) is 18.4 Å². The Kier molecular flexibility index (Phi) is 5.10. The number of aromatic nitrogens is 3. The van der Waals surface area contributed by atoms with Gasteiger partial charge in [-0.1, -0.05) is 30.3 Å². The summed E-state index contributed by atoms with van der Waals surface area (Å²) in [4.78, 5) is 18.3. The monoisotopic (exact) mass is 329 g/mol. The number of aliphatic hydroxyl groups is 1. The van der Waals surface area contributed by atoms with Gasteiger partial charge < -0.3 is 15.3 Å². The van der Waals surface area contributed by atoms with Crippen LogP contribution in [0.3, 0.4) is 0 Å². The summed E-state index contributed by atoms with van der Waals surface area (Å²) < 4.78 is 1.61. The van der Waals surface area contributed by atoms with Crippen molar-refractivity contribution >= 4 is 6.03 Å². The summed E-state index contributed by atoms with van der Waals surface area (Å²) in [5.74, 6) is 0.589. The van der Waals surface area contributed by atoms with E-state index in [1.165, 1.54) is 0 Å². The lowest BCUT2D eigenvalue weighted by Gasteiger charge is -2.26. The molecule has 0 unspecified atom stereocenters. The number of aryl methyl sites for hydroxylation is 1. The molecule has 2 heterocycles. The van der Waals surface area contributed by atoms with Crippen LogP contribution in [0.15, 0.2) is 36.7 Å². The number of carbonyl (C=O) groups is 1. The van der Waals surface area contributed by atoms with Gasteiger partial charge in [0.1, 0.15) is 6.33 Å². The fourth-order valence-corrected chi connectivity index (χ4v) is 3.14. The van der Waals surface area contributed by atoms with Crippen molar-refractivity contribution in [3.63, 3.8) is 0 Å². The first-order chi connectivity index (χ1) is 11.6. The number of hydrogen-bond acceptors (Lipinski definition) is 4. The highest BCUT2D eigenvalue weighted by atomic mass is 16.3. The van der Waals surface area contributed by atoms with Gasteiger partial charge in [0.2, 0.25) is 0 Å². The quantitative estimate of drug-likeness (QED) is 0.873. The number of urea groups is 1. The van der Waals surface area contributed by atoms with Crippen molar-refractivity contribution in [3.8, 4) is 0 Å². The molecule has 0 saturated carbocycles. The van der Waals surface area contributed by atoms with Gasteiger partial charge in [0.05, 0.1) is 12.6 Å². The number of nitrogens with one attached hydrogen (secondary N) is 1. The zero-order valence-corrected chi connectivity index (χ0v) is 13.8. The van der Waals surface area contributed by atoms with E-state index in [9.17, 15) is 9.90 Å². The van der Waals surface area contributed by atoms with Gasteiger partial charge in [-0.3, -0.25) is 4.68 Å². The van der Waals surface area contributed by atoms with Gasteiger partial charge in [-0.2, -0.15) is 5.10 Å². The smallest absolute Gasteiger partial charge is 0.318 e. The van der Waals surface area contributed by atoms with Gasteiger partial charge in [-0.05, 0) is 24.8 Å². The van der Waals surface area contributed by atoms with E-state index in [1.54, 1.807) is 18.1 Å². The van der Waals surface area contributed by atoms with Crippen molar-refractivity contribution in [2.24, 2.45) is 7.05 Å². The van der Waals surface area contributed by atoms with Crippen LogP contribution in [0.4, 0.5) is 4.79 Å². The number of carbonyl (C=O) groups excluding carboxylic acids is 1. The minimum Gasteiger partial charge on any atom is -0.388 e. The van der Waals surface area contributed by atoms with Crippen LogP contribution < -0.4 is 5.32 Å². The van der Waals surface area contributed by atoms with Gasteiger partial charge in [-0.25, -0.2) is 9.78 Å². The van der Waals surface area contributed by atoms with E-state index >= 15 is 0 Å². The summed E-state index contributed by atoms with van der Waals surface area (Å²) in [6, 6.07) is 9.52. The molecule has 7 heteroatoms. The molecule has 2 aromatic rings. The third kappa shape index (κ3) is 3.91. The van der Waals surface area contributed by atoms with E-state index in [-0.39, 0.29) is 12.1 Å². The van der Waals surface area contributed by atoms with E-state index in [0.29, 0.717) is 25.3 Å². The molecule has 24 heavy (non-hydrogen) atoms. The van der Waals surface area contributed by atoms with Gasteiger partial charge in [0.15, 0.2) is 5.82 Å². The number of hydrogen-bond donors (Lipinski definition) is 2. The number of rotatable bonds is 5. The summed E-state index contributed by atoms with van der Waals surface area (Å²) in [5, 5.41) is 17.4. The molecule has 1 aromatic heterocycles. The summed E-state index contributed by atoms with van der Waals surface area (Å²) >= 11 is 0. The van der Waals surface area contributed by atoms with Crippen LogP contribution in [0.1, 0.15) is 36.8 Å². The molecule has 0 bridgehead atoms. The molecular formula is C17H23N5O2. The predicted octanol–water partition coefficient (Wildman–Crippen LogP) is 1.61. The highest BCUT2D eigenvalue weighted by Gasteiger charge is 2.30. The van der Waals surface area contributed by atoms with Gasteiger partial charge in [0, 0.05) is 19.6 Å². The van der Waals surface area contributed by atoms with Crippen molar-refractivity contribution in [2.75, 3.05) is 6.54 Å². The van der Waals surface area contributed by atoms with E-state index < -0.39 is 6.10 Å². The van der Waals surface area contributed by atoms with Crippen molar-refractivity contribution in [3.05, 3.63) is 48.0 Å². The Balaban J connectivity index is 1.55. The molecule has 2 amide bonds. The standard InChI is InChI=1S/C17H23N5O2/c1-21-12-19-16(20-21)11-18-17(24)22-9-5-8-14(22)10-15(23)13-6-3-2-4-7-13/h2-4,6-7,12,14-15,23H,5,8-11H2,1H3,(H,18,24)/t14-,15+/m1/s1. The molecular weight excluding hydrogens is 306 g/mol. The van der Waals surface area contributed by atoms with Crippen LogP contribution >= 0.6 is 0 Å². The van der Waals surface area contributed by atoms with E-state index in [1.807, 2.05) is 35.2 Å². The maximum atomic E-state index is 12.4. The maximum Gasteiger partial charge on any atom is 0.318 e. The van der Waals surface area contributed by atoms with Crippen molar-refractivity contribution in [2.45, 2.75) is 38.0 Å². The molecule has 7 nitrogen and oxygen atoms in total. The molecule has 0 spiro atoms. The van der Waals surface area contributed by atoms with Gasteiger partial charge in [0.25, 0.3) is 0 Å². The second-order valence-electron chi connectivity index (χ2n) is 6.14. The molecule has 3 rings (SSSR count). The summed E-state index contributed by atoms with van der Waals surface area (Å²) in [6.07, 6.45) is 3.48. The first kappa shape index (κ1) is 16.4. The lowest BCUT2D eigenvalue weighted by Crippen LogP contribution is -2.43. The molecule has 1 aliphatic rings. The second kappa shape index (κ2) is 7.44. The normalized spacial score (nSPS) is 18.6. The summed E-state index contributed by atoms with van der Waals surface area (Å²) in [6.45, 7) is 1.03. The highest BCUT2D eigenvalue weighted by Crippen LogP contribution is 2.27. The van der Waals surface area contributed by atoms with Crippen LogP contribution in [0.5, 0.6) is 0 Å². The SMILES string of the molecule is Cn1cnc(CNC(=O)N2CCC[C@@H]2C[C@H](O)c2ccccc2)n1. The van der Waals surface area contributed by atoms with Gasteiger partial charge >= 0.3 is 6.03 Å². The van der Waals surface area contributed by atoms with Crippen LogP contribution in [0, 0.1) is 0 Å². The van der Waals surface area contributed by atoms with Crippen LogP contribution in [0.25, 0.3) is 0 Å². The fourth-order valence-electron chi connectivity index (χ4n) is 3.14. The highest BCUT2D eigenvalue weighted by molar-refractivity contribution is 5.74. The zero-order chi connectivity index (χ0) is 16.9. The Bertz CT molecular complexity index is 673. The van der Waals surface area contributed by atoms with Crippen molar-refractivity contribution in [1.29, 1.82) is 0 Å². The van der Waals surface area contributed by atoms with Crippen molar-refractivity contribution < 1.29 is 9.90 Å². The molecule has 1 aromatic carbocycles. The minimum absolute atomic E-state index is 0.0527. The molecule has 0 aliphatic carbocycles. The number of benzene rings is 1. The summed E-state index contributed by atoms with van der Waals surface area (Å²) in [7, 11) is 1.79. The molecule has 2 atom stereocenters. The van der Waals surface area contributed by atoms with Gasteiger partial charge in [-0.15, -0.1) is 0 Å². The van der Waals surface area contributed by atoms with E-state index in [2.05, 4.69) is 15.4 Å². The topological polar surface area (TPSA) is 83.3 Å². The number of amides is 2. The van der Waals surface area contributed by atoms with Crippen LogP contribution in [-0.4, -0.2) is 43.4 Å². The third-order valence-electron chi connectivity index (χ3n) is 4.36. The average molecular weight is 329 g/mol. The van der Waals surface area contributed by atoms with Crippen LogP contribution in [0.2, 0.25) is 0 Å². The predicted molar refractivity (Wildman–Crippen MR) is 89.0 cm³/mol. The fraction of sp³-hybridized carbons (Fsp3) is 0.471. The molecule has 1 aliphatic heterocycles. The summed E-state index contributed by atoms with van der Waals surface area (Å²) in [5.41, 5.74) is 0.891. The van der Waals surface area contributed by atoms with Crippen molar-refractivity contribution in [1.82, 2.24) is 25.0 Å². The number of aliphatic hydroxyl groups excluding tert-OH is 1. The molecule has 0 radical (unpaired) electrons. The molecule has 2 N–H and O–H groups in total. The first-order valence-corrected chi connectivity index (χ1v) is 8.25. The van der Waals surface area contributed by atoms with Crippen LogP contribution in [-0.2, 0) is 13.6 Å². The molecule has 1 fully saturated rings. The second-order valence-corrected chi connectivity index (χ2v) is 6.14. The third-order valence-corrected chi connectivity index (χ3v) is 4.36. The minimum atomic E-state index is -0.554. The molecule has 128 valence electrons. The number of likely N-dealkylation sites (tertiary alicyclic amines) is 1. The van der Waals surface area contributed by atoms with E-state index in [4.69, 9.17) is 0 Å².